The molecule has 6 heteroatoms. The van der Waals surface area contributed by atoms with Gasteiger partial charge < -0.3 is 4.90 Å². The van der Waals surface area contributed by atoms with E-state index in [2.05, 4.69) is 46.7 Å². The number of para-hydroxylation sites is 1. The Morgan fingerprint density at radius 1 is 0.968 bits per heavy atom. The molecule has 2 aromatic carbocycles. The van der Waals surface area contributed by atoms with E-state index in [1.54, 1.807) is 4.68 Å². The fraction of sp³-hybridized carbons (Fsp3) is 0.280. The number of carbonyl (C=O) groups excluding carboxylic acids is 1. The molecule has 31 heavy (non-hydrogen) atoms. The highest BCUT2D eigenvalue weighted by atomic mass is 16.2. The van der Waals surface area contributed by atoms with Gasteiger partial charge in [0.25, 0.3) is 0 Å². The van der Waals surface area contributed by atoms with Crippen LogP contribution in [0.1, 0.15) is 35.6 Å². The molecule has 156 valence electrons. The zero-order chi connectivity index (χ0) is 21.0. The van der Waals surface area contributed by atoms with Crippen LogP contribution in [0.25, 0.3) is 11.0 Å². The summed E-state index contributed by atoms with van der Waals surface area (Å²) < 4.78 is 1.69. The molecular weight excluding hydrogens is 386 g/mol. The first-order valence-electron chi connectivity index (χ1n) is 10.8. The van der Waals surface area contributed by atoms with Crippen LogP contribution in [0, 0.1) is 0 Å². The molecular formula is C25H25N5O. The van der Waals surface area contributed by atoms with Crippen LogP contribution in [0.15, 0.2) is 72.9 Å². The minimum atomic E-state index is 0.0843. The number of nitrogens with zero attached hydrogens (tertiary/aromatic N) is 5. The number of pyridine rings is 1. The van der Waals surface area contributed by atoms with E-state index >= 15 is 0 Å². The molecule has 1 aliphatic rings. The van der Waals surface area contributed by atoms with Crippen molar-refractivity contribution in [3.05, 3.63) is 89.7 Å². The summed E-state index contributed by atoms with van der Waals surface area (Å²) in [7, 11) is 0. The number of aromatic nitrogens is 4. The largest absolute Gasteiger partial charge is 0.340 e. The highest BCUT2D eigenvalue weighted by Crippen LogP contribution is 2.26. The molecule has 0 bridgehead atoms. The Morgan fingerprint density at radius 2 is 1.81 bits per heavy atom. The van der Waals surface area contributed by atoms with Crippen molar-refractivity contribution in [2.24, 2.45) is 0 Å². The van der Waals surface area contributed by atoms with Crippen molar-refractivity contribution in [1.29, 1.82) is 0 Å². The van der Waals surface area contributed by atoms with Crippen molar-refractivity contribution in [2.75, 3.05) is 13.1 Å². The van der Waals surface area contributed by atoms with Crippen LogP contribution in [0.2, 0.25) is 0 Å². The average molecular weight is 412 g/mol. The monoisotopic (exact) mass is 411 g/mol. The maximum atomic E-state index is 13.0. The second kappa shape index (κ2) is 8.68. The van der Waals surface area contributed by atoms with Gasteiger partial charge in [-0.1, -0.05) is 53.7 Å². The van der Waals surface area contributed by atoms with E-state index in [4.69, 9.17) is 4.98 Å². The minimum absolute atomic E-state index is 0.0843. The van der Waals surface area contributed by atoms with Gasteiger partial charge >= 0.3 is 0 Å². The highest BCUT2D eigenvalue weighted by Gasteiger charge is 2.26. The van der Waals surface area contributed by atoms with Crippen LogP contribution in [0.3, 0.4) is 0 Å². The number of hydrogen-bond donors (Lipinski definition) is 0. The van der Waals surface area contributed by atoms with Gasteiger partial charge in [0, 0.05) is 30.9 Å². The van der Waals surface area contributed by atoms with Gasteiger partial charge in [-0.05, 0) is 48.6 Å². The quantitative estimate of drug-likeness (QED) is 0.501. The Bertz CT molecular complexity index is 1170. The minimum Gasteiger partial charge on any atom is -0.340 e. The van der Waals surface area contributed by atoms with Crippen molar-refractivity contribution in [2.45, 2.75) is 31.7 Å². The molecule has 1 fully saturated rings. The normalized spacial score (nSPS) is 16.5. The van der Waals surface area contributed by atoms with E-state index in [9.17, 15) is 4.79 Å². The maximum Gasteiger partial charge on any atom is 0.244 e. The number of piperidine rings is 1. The average Bonchev–Trinajstić information content (AvgIpc) is 3.23. The molecule has 3 heterocycles. The maximum absolute atomic E-state index is 13.0. The number of carbonyl (C=O) groups is 1. The van der Waals surface area contributed by atoms with E-state index in [1.165, 1.54) is 11.1 Å². The topological polar surface area (TPSA) is 63.9 Å². The number of amides is 1. The first-order valence-corrected chi connectivity index (χ1v) is 10.8. The molecule has 2 aromatic heterocycles. The molecule has 4 aromatic rings. The fourth-order valence-electron chi connectivity index (χ4n) is 4.32. The Hall–Kier alpha value is -3.54. The summed E-state index contributed by atoms with van der Waals surface area (Å²) in [5.41, 5.74) is 5.26. The molecule has 0 aliphatic carbocycles. The van der Waals surface area contributed by atoms with Crippen LogP contribution < -0.4 is 0 Å². The number of benzene rings is 2. The first kappa shape index (κ1) is 19.4. The standard InChI is InChI=1S/C25H25N5O/c31-25(18-30-24-11-5-4-10-23(24)27-28-30)29-14-6-9-21(17-29)22-13-12-20(16-26-22)15-19-7-2-1-3-8-19/h1-5,7-8,10-13,16,21H,6,9,14-15,17-18H2. The van der Waals surface area contributed by atoms with Gasteiger partial charge in [0.15, 0.2) is 0 Å². The van der Waals surface area contributed by atoms with Crippen LogP contribution in [0.5, 0.6) is 0 Å². The van der Waals surface area contributed by atoms with E-state index in [0.29, 0.717) is 6.54 Å². The van der Waals surface area contributed by atoms with E-state index in [0.717, 1.165) is 42.5 Å². The van der Waals surface area contributed by atoms with Crippen LogP contribution in [-0.2, 0) is 17.8 Å². The lowest BCUT2D eigenvalue weighted by molar-refractivity contribution is -0.133. The molecule has 1 saturated heterocycles. The predicted molar refractivity (Wildman–Crippen MR) is 120 cm³/mol. The van der Waals surface area contributed by atoms with Gasteiger partial charge in [-0.2, -0.15) is 0 Å². The van der Waals surface area contributed by atoms with Gasteiger partial charge in [0.1, 0.15) is 12.1 Å². The van der Waals surface area contributed by atoms with E-state index in [1.807, 2.05) is 41.4 Å². The summed E-state index contributed by atoms with van der Waals surface area (Å²) in [4.78, 5) is 19.7. The molecule has 0 radical (unpaired) electrons. The SMILES string of the molecule is O=C(Cn1nnc2ccccc21)N1CCCC(c2ccc(Cc3ccccc3)cn2)C1. The fourth-order valence-corrected chi connectivity index (χ4v) is 4.32. The first-order chi connectivity index (χ1) is 15.3. The molecule has 5 rings (SSSR count). The van der Waals surface area contributed by atoms with Crippen LogP contribution in [-0.4, -0.2) is 43.9 Å². The number of rotatable bonds is 5. The van der Waals surface area contributed by atoms with Gasteiger partial charge in [-0.15, -0.1) is 5.10 Å². The summed E-state index contributed by atoms with van der Waals surface area (Å²) in [6.07, 6.45) is 4.91. The van der Waals surface area contributed by atoms with Gasteiger partial charge in [0.05, 0.1) is 5.52 Å². The third-order valence-corrected chi connectivity index (χ3v) is 6.00. The van der Waals surface area contributed by atoms with Crippen molar-refractivity contribution >= 4 is 16.9 Å². The van der Waals surface area contributed by atoms with Crippen LogP contribution >= 0.6 is 0 Å². The Kier molecular flexibility index (Phi) is 5.44. The molecule has 6 nitrogen and oxygen atoms in total. The molecule has 1 unspecified atom stereocenters. The number of hydrogen-bond acceptors (Lipinski definition) is 4. The second-order valence-corrected chi connectivity index (χ2v) is 8.17. The number of fused-ring (bicyclic) bond motifs is 1. The lowest BCUT2D eigenvalue weighted by Crippen LogP contribution is -2.41. The van der Waals surface area contributed by atoms with E-state index < -0.39 is 0 Å². The predicted octanol–water partition coefficient (Wildman–Crippen LogP) is 3.82. The summed E-state index contributed by atoms with van der Waals surface area (Å²) in [5.74, 6) is 0.358. The summed E-state index contributed by atoms with van der Waals surface area (Å²) >= 11 is 0. The third-order valence-electron chi connectivity index (χ3n) is 6.00. The zero-order valence-corrected chi connectivity index (χ0v) is 17.4. The van der Waals surface area contributed by atoms with Gasteiger partial charge in [-0.3, -0.25) is 9.78 Å². The molecule has 0 N–H and O–H groups in total. The third kappa shape index (κ3) is 4.33. The lowest BCUT2D eigenvalue weighted by Gasteiger charge is -2.32. The van der Waals surface area contributed by atoms with Crippen molar-refractivity contribution < 1.29 is 4.79 Å². The Morgan fingerprint density at radius 3 is 2.65 bits per heavy atom. The molecule has 1 atom stereocenters. The van der Waals surface area contributed by atoms with Crippen LogP contribution in [0.4, 0.5) is 0 Å². The van der Waals surface area contributed by atoms with E-state index in [-0.39, 0.29) is 18.4 Å². The summed E-state index contributed by atoms with van der Waals surface area (Å²) in [6.45, 7) is 1.71. The summed E-state index contributed by atoms with van der Waals surface area (Å²) in [6, 6.07) is 22.4. The molecule has 0 saturated carbocycles. The van der Waals surface area contributed by atoms with Gasteiger partial charge in [-0.25, -0.2) is 4.68 Å². The van der Waals surface area contributed by atoms with Crippen molar-refractivity contribution in [3.8, 4) is 0 Å². The zero-order valence-electron chi connectivity index (χ0n) is 17.4. The molecule has 1 amide bonds. The Balaban J connectivity index is 1.24. The second-order valence-electron chi connectivity index (χ2n) is 8.17. The summed E-state index contributed by atoms with van der Waals surface area (Å²) in [5, 5.41) is 8.31. The smallest absolute Gasteiger partial charge is 0.244 e. The Labute approximate surface area is 181 Å². The number of likely N-dealkylation sites (tertiary alicyclic amines) is 1. The molecule has 0 spiro atoms. The molecule has 1 aliphatic heterocycles. The lowest BCUT2D eigenvalue weighted by atomic mass is 9.93. The van der Waals surface area contributed by atoms with Gasteiger partial charge in [0.2, 0.25) is 5.91 Å². The van der Waals surface area contributed by atoms with Crippen molar-refractivity contribution in [1.82, 2.24) is 24.9 Å². The van der Waals surface area contributed by atoms with Crippen molar-refractivity contribution in [3.63, 3.8) is 0 Å². The highest BCUT2D eigenvalue weighted by molar-refractivity contribution is 5.80.